The standard InChI is InChI=1S/C19H30N4O3.H2/c1-5-26-19(24)14-10-15(16(18(21)22-14)17(20)12(2)3)23-8-6-13(7-9-23)11-25-4;/h10,12-13,20H,5-9,11H2,1-4H3,(H2,21,22);1H. The van der Waals surface area contributed by atoms with Crippen LogP contribution >= 0.6 is 0 Å². The zero-order chi connectivity index (χ0) is 19.3. The number of carbonyl (C=O) groups is 1. The first-order chi connectivity index (χ1) is 12.4. The van der Waals surface area contributed by atoms with E-state index in [-0.39, 0.29) is 25.5 Å². The number of hydrogen-bond acceptors (Lipinski definition) is 7. The zero-order valence-electron chi connectivity index (χ0n) is 16.2. The number of nitrogen functional groups attached to an aromatic ring is 1. The van der Waals surface area contributed by atoms with Crippen molar-refractivity contribution in [3.05, 3.63) is 17.3 Å². The van der Waals surface area contributed by atoms with Crippen molar-refractivity contribution in [2.24, 2.45) is 11.8 Å². The molecule has 1 aliphatic rings. The summed E-state index contributed by atoms with van der Waals surface area (Å²) < 4.78 is 10.3. The number of hydrogen-bond donors (Lipinski definition) is 2. The van der Waals surface area contributed by atoms with E-state index >= 15 is 0 Å². The zero-order valence-corrected chi connectivity index (χ0v) is 16.2. The van der Waals surface area contributed by atoms with Crippen molar-refractivity contribution in [3.63, 3.8) is 0 Å². The predicted octanol–water partition coefficient (Wildman–Crippen LogP) is 2.97. The Morgan fingerprint density at radius 2 is 2.12 bits per heavy atom. The molecule has 0 bridgehead atoms. The van der Waals surface area contributed by atoms with Crippen molar-refractivity contribution >= 4 is 23.2 Å². The van der Waals surface area contributed by atoms with Gasteiger partial charge in [0.15, 0.2) is 5.69 Å². The highest BCUT2D eigenvalue weighted by atomic mass is 16.5. The third-order valence-corrected chi connectivity index (χ3v) is 4.72. The van der Waals surface area contributed by atoms with Gasteiger partial charge < -0.3 is 25.5 Å². The minimum Gasteiger partial charge on any atom is -0.461 e. The molecule has 0 amide bonds. The molecule has 1 aromatic rings. The van der Waals surface area contributed by atoms with Crippen LogP contribution in [0.15, 0.2) is 6.07 Å². The number of ether oxygens (including phenoxy) is 2. The highest BCUT2D eigenvalue weighted by Crippen LogP contribution is 2.32. The summed E-state index contributed by atoms with van der Waals surface area (Å²) in [6, 6.07) is 1.72. The Balaban J connectivity index is 0.00000364. The van der Waals surface area contributed by atoms with Crippen molar-refractivity contribution < 1.29 is 15.7 Å². The number of aromatic nitrogens is 1. The second-order valence-corrected chi connectivity index (χ2v) is 6.96. The number of esters is 1. The number of carbonyl (C=O) groups excluding carboxylic acids is 1. The average Bonchev–Trinajstić information content (AvgIpc) is 2.61. The summed E-state index contributed by atoms with van der Waals surface area (Å²) in [6.07, 6.45) is 2.00. The molecule has 26 heavy (non-hydrogen) atoms. The van der Waals surface area contributed by atoms with E-state index < -0.39 is 5.97 Å². The molecular weight excluding hydrogens is 332 g/mol. The van der Waals surface area contributed by atoms with E-state index in [0.29, 0.717) is 17.2 Å². The average molecular weight is 364 g/mol. The van der Waals surface area contributed by atoms with Gasteiger partial charge in [0.25, 0.3) is 0 Å². The van der Waals surface area contributed by atoms with Crippen LogP contribution in [0.4, 0.5) is 11.5 Å². The maximum atomic E-state index is 12.2. The van der Waals surface area contributed by atoms with Gasteiger partial charge in [-0.05, 0) is 37.7 Å². The molecule has 0 saturated carbocycles. The Hall–Kier alpha value is -2.15. The van der Waals surface area contributed by atoms with Crippen molar-refractivity contribution in [1.82, 2.24) is 4.98 Å². The van der Waals surface area contributed by atoms with E-state index in [1.165, 1.54) is 0 Å². The third-order valence-electron chi connectivity index (χ3n) is 4.72. The molecule has 1 aromatic heterocycles. The Morgan fingerprint density at radius 3 is 2.65 bits per heavy atom. The fourth-order valence-electron chi connectivity index (χ4n) is 3.25. The summed E-state index contributed by atoms with van der Waals surface area (Å²) in [5.41, 5.74) is 8.22. The molecule has 2 heterocycles. The van der Waals surface area contributed by atoms with Gasteiger partial charge in [0.05, 0.1) is 17.9 Å². The second kappa shape index (κ2) is 8.98. The van der Waals surface area contributed by atoms with Gasteiger partial charge >= 0.3 is 5.97 Å². The maximum absolute atomic E-state index is 12.2. The summed E-state index contributed by atoms with van der Waals surface area (Å²) in [5.74, 6) is 0.269. The second-order valence-electron chi connectivity index (χ2n) is 6.96. The molecule has 0 unspecified atom stereocenters. The first-order valence-corrected chi connectivity index (χ1v) is 9.19. The Labute approximate surface area is 156 Å². The lowest BCUT2D eigenvalue weighted by molar-refractivity contribution is 0.0519. The molecule has 1 fully saturated rings. The fraction of sp³-hybridized carbons (Fsp3) is 0.632. The van der Waals surface area contributed by atoms with E-state index in [1.807, 2.05) is 13.8 Å². The number of pyridine rings is 1. The molecule has 0 radical (unpaired) electrons. The Morgan fingerprint density at radius 1 is 1.46 bits per heavy atom. The van der Waals surface area contributed by atoms with E-state index in [4.69, 9.17) is 20.6 Å². The van der Waals surface area contributed by atoms with Gasteiger partial charge in [-0.25, -0.2) is 9.78 Å². The van der Waals surface area contributed by atoms with Crippen LogP contribution in [-0.4, -0.2) is 50.1 Å². The summed E-state index contributed by atoms with van der Waals surface area (Å²) in [6.45, 7) is 8.36. The predicted molar refractivity (Wildman–Crippen MR) is 105 cm³/mol. The third kappa shape index (κ3) is 4.52. The molecule has 146 valence electrons. The molecule has 1 saturated heterocycles. The molecule has 0 spiro atoms. The van der Waals surface area contributed by atoms with Gasteiger partial charge in [-0.1, -0.05) is 13.8 Å². The summed E-state index contributed by atoms with van der Waals surface area (Å²) in [7, 11) is 1.73. The molecule has 0 aliphatic carbocycles. The number of methoxy groups -OCH3 is 1. The molecule has 0 atom stereocenters. The minimum absolute atomic E-state index is 0. The van der Waals surface area contributed by atoms with Crippen LogP contribution in [-0.2, 0) is 9.47 Å². The number of piperidine rings is 1. The van der Waals surface area contributed by atoms with Gasteiger partial charge in [0.1, 0.15) is 5.82 Å². The number of anilines is 2. The lowest BCUT2D eigenvalue weighted by Crippen LogP contribution is -2.36. The lowest BCUT2D eigenvalue weighted by atomic mass is 9.94. The summed E-state index contributed by atoms with van der Waals surface area (Å²) in [4.78, 5) is 18.6. The first kappa shape index (κ1) is 20.2. The normalized spacial score (nSPS) is 15.3. The molecule has 0 aromatic carbocycles. The summed E-state index contributed by atoms with van der Waals surface area (Å²) >= 11 is 0. The largest absolute Gasteiger partial charge is 0.461 e. The number of nitrogens with two attached hydrogens (primary N) is 1. The molecule has 1 aliphatic heterocycles. The SMILES string of the molecule is CCOC(=O)c1cc(N2CCC(COC)CC2)c(C(=N)C(C)C)c(N)n1.[HH]. The maximum Gasteiger partial charge on any atom is 0.357 e. The summed E-state index contributed by atoms with van der Waals surface area (Å²) in [5, 5.41) is 8.47. The molecule has 7 heteroatoms. The minimum atomic E-state index is -0.489. The van der Waals surface area contributed by atoms with Crippen molar-refractivity contribution in [3.8, 4) is 0 Å². The highest BCUT2D eigenvalue weighted by molar-refractivity contribution is 6.09. The fourth-order valence-corrected chi connectivity index (χ4v) is 3.25. The van der Waals surface area contributed by atoms with Crippen LogP contribution in [0.3, 0.4) is 0 Å². The quantitative estimate of drug-likeness (QED) is 0.570. The van der Waals surface area contributed by atoms with Crippen molar-refractivity contribution in [2.75, 3.05) is 44.0 Å². The number of nitrogens with zero attached hydrogens (tertiary/aromatic N) is 2. The smallest absolute Gasteiger partial charge is 0.357 e. The molecular formula is C19H32N4O3. The Kier molecular flexibility index (Phi) is 6.97. The topological polar surface area (TPSA) is 102 Å². The molecule has 3 N–H and O–H groups in total. The van der Waals surface area contributed by atoms with Crippen LogP contribution in [0, 0.1) is 17.2 Å². The number of rotatable bonds is 7. The van der Waals surface area contributed by atoms with E-state index in [1.54, 1.807) is 20.1 Å². The monoisotopic (exact) mass is 364 g/mol. The Bertz CT molecular complexity index is 659. The van der Waals surface area contributed by atoms with Crippen LogP contribution in [0.25, 0.3) is 0 Å². The van der Waals surface area contributed by atoms with Crippen LogP contribution in [0.5, 0.6) is 0 Å². The van der Waals surface area contributed by atoms with E-state index in [2.05, 4.69) is 9.88 Å². The van der Waals surface area contributed by atoms with Crippen molar-refractivity contribution in [2.45, 2.75) is 33.6 Å². The lowest BCUT2D eigenvalue weighted by Gasteiger charge is -2.35. The van der Waals surface area contributed by atoms with Gasteiger partial charge in [0.2, 0.25) is 0 Å². The van der Waals surface area contributed by atoms with Gasteiger partial charge in [-0.15, -0.1) is 0 Å². The highest BCUT2D eigenvalue weighted by Gasteiger charge is 2.26. The number of nitrogens with one attached hydrogen (secondary N) is 1. The molecule has 7 nitrogen and oxygen atoms in total. The van der Waals surface area contributed by atoms with Crippen LogP contribution in [0.2, 0.25) is 0 Å². The van der Waals surface area contributed by atoms with E-state index in [9.17, 15) is 4.79 Å². The van der Waals surface area contributed by atoms with Crippen LogP contribution in [0.1, 0.15) is 51.1 Å². The van der Waals surface area contributed by atoms with E-state index in [0.717, 1.165) is 38.2 Å². The van der Waals surface area contributed by atoms with Gasteiger partial charge in [-0.3, -0.25) is 0 Å². The van der Waals surface area contributed by atoms with Gasteiger partial charge in [0, 0.05) is 33.9 Å². The molecule has 2 rings (SSSR count). The van der Waals surface area contributed by atoms with Crippen LogP contribution < -0.4 is 10.6 Å². The first-order valence-electron chi connectivity index (χ1n) is 9.19. The van der Waals surface area contributed by atoms with Gasteiger partial charge in [-0.2, -0.15) is 0 Å². The van der Waals surface area contributed by atoms with Crippen molar-refractivity contribution in [1.29, 1.82) is 5.41 Å².